The van der Waals surface area contributed by atoms with Crippen molar-refractivity contribution in [3.8, 4) is 0 Å². The number of carboxylic acid groups (broad SMARTS) is 1. The average molecular weight is 308 g/mol. The van der Waals surface area contributed by atoms with Gasteiger partial charge in [0.05, 0.1) is 6.42 Å². The molecule has 0 aromatic carbocycles. The fourth-order valence-electron chi connectivity index (χ4n) is 3.38. The summed E-state index contributed by atoms with van der Waals surface area (Å²) in [6, 6.07) is 3.54. The van der Waals surface area contributed by atoms with Gasteiger partial charge in [-0.05, 0) is 36.1 Å². The van der Waals surface area contributed by atoms with Crippen molar-refractivity contribution in [2.24, 2.45) is 5.41 Å². The molecule has 1 aromatic rings. The van der Waals surface area contributed by atoms with Crippen LogP contribution in [0.2, 0.25) is 0 Å². The number of hydrogen-bond donors (Lipinski definition) is 2. The maximum atomic E-state index is 12.3. The Morgan fingerprint density at radius 2 is 2.19 bits per heavy atom. The Morgan fingerprint density at radius 1 is 1.43 bits per heavy atom. The summed E-state index contributed by atoms with van der Waals surface area (Å²) in [7, 11) is 0. The Hall–Kier alpha value is -1.40. The molecule has 5 nitrogen and oxygen atoms in total. The summed E-state index contributed by atoms with van der Waals surface area (Å²) >= 11 is 1.61. The molecule has 6 heteroatoms. The van der Waals surface area contributed by atoms with Crippen LogP contribution in [0.4, 0.5) is 0 Å². The van der Waals surface area contributed by atoms with Crippen LogP contribution >= 0.6 is 11.3 Å². The van der Waals surface area contributed by atoms with Crippen LogP contribution in [0.5, 0.6) is 0 Å². The summed E-state index contributed by atoms with van der Waals surface area (Å²) in [4.78, 5) is 26.4. The third-order valence-electron chi connectivity index (χ3n) is 4.74. The standard InChI is InChI=1S/C15H20N2O3S/c18-13(8-11-2-1-7-21-11)17-5-3-15(4-6-17)9-12(14(19)20)16-10-15/h1-2,7,12,16H,3-6,8-10H2,(H,19,20)/t12-/m0/s1. The highest BCUT2D eigenvalue weighted by Gasteiger charge is 2.44. The number of carboxylic acids is 1. The van der Waals surface area contributed by atoms with Crippen LogP contribution in [-0.4, -0.2) is 47.6 Å². The SMILES string of the molecule is O=C(O)[C@@H]1CC2(CCN(C(=O)Cc3cccs3)CC2)CN1. The molecule has 3 heterocycles. The summed E-state index contributed by atoms with van der Waals surface area (Å²) in [6.07, 6.45) is 2.98. The lowest BCUT2D eigenvalue weighted by molar-refractivity contribution is -0.139. The fraction of sp³-hybridized carbons (Fsp3) is 0.600. The molecule has 21 heavy (non-hydrogen) atoms. The van der Waals surface area contributed by atoms with Crippen LogP contribution in [0.3, 0.4) is 0 Å². The molecule has 0 bridgehead atoms. The summed E-state index contributed by atoms with van der Waals surface area (Å²) in [5.41, 5.74) is 0.0722. The van der Waals surface area contributed by atoms with Crippen molar-refractivity contribution in [2.45, 2.75) is 31.7 Å². The van der Waals surface area contributed by atoms with Crippen LogP contribution in [0.15, 0.2) is 17.5 Å². The second-order valence-electron chi connectivity index (χ2n) is 6.11. The van der Waals surface area contributed by atoms with Crippen LogP contribution in [0, 0.1) is 5.41 Å². The Morgan fingerprint density at radius 3 is 2.76 bits per heavy atom. The first kappa shape index (κ1) is 14.5. The second kappa shape index (κ2) is 5.77. The summed E-state index contributed by atoms with van der Waals surface area (Å²) in [5, 5.41) is 14.2. The molecule has 0 aliphatic carbocycles. The lowest BCUT2D eigenvalue weighted by Crippen LogP contribution is -2.44. The van der Waals surface area contributed by atoms with Crippen molar-refractivity contribution in [3.63, 3.8) is 0 Å². The number of amides is 1. The first-order valence-corrected chi connectivity index (χ1v) is 8.22. The van der Waals surface area contributed by atoms with Gasteiger partial charge in [-0.1, -0.05) is 6.07 Å². The van der Waals surface area contributed by atoms with Crippen LogP contribution in [-0.2, 0) is 16.0 Å². The van der Waals surface area contributed by atoms with E-state index in [1.807, 2.05) is 22.4 Å². The molecule has 3 rings (SSSR count). The molecule has 1 atom stereocenters. The minimum atomic E-state index is -0.761. The van der Waals surface area contributed by atoms with E-state index < -0.39 is 12.0 Å². The maximum absolute atomic E-state index is 12.3. The third-order valence-corrected chi connectivity index (χ3v) is 5.62. The molecule has 0 saturated carbocycles. The number of nitrogens with zero attached hydrogens (tertiary/aromatic N) is 1. The van der Waals surface area contributed by atoms with E-state index in [4.69, 9.17) is 5.11 Å². The monoisotopic (exact) mass is 308 g/mol. The van der Waals surface area contributed by atoms with Crippen molar-refractivity contribution < 1.29 is 14.7 Å². The highest BCUT2D eigenvalue weighted by molar-refractivity contribution is 7.10. The topological polar surface area (TPSA) is 69.6 Å². The van der Waals surface area contributed by atoms with Gasteiger partial charge in [-0.25, -0.2) is 0 Å². The average Bonchev–Trinajstić information content (AvgIpc) is 3.10. The molecule has 2 N–H and O–H groups in total. The van der Waals surface area contributed by atoms with Crippen molar-refractivity contribution >= 4 is 23.2 Å². The number of aliphatic carboxylic acids is 1. The first-order valence-electron chi connectivity index (χ1n) is 7.34. The molecule has 114 valence electrons. The zero-order chi connectivity index (χ0) is 14.9. The van der Waals surface area contributed by atoms with E-state index in [0.29, 0.717) is 12.8 Å². The van der Waals surface area contributed by atoms with E-state index in [1.54, 1.807) is 11.3 Å². The third kappa shape index (κ3) is 3.11. The minimum Gasteiger partial charge on any atom is -0.480 e. The van der Waals surface area contributed by atoms with E-state index in [9.17, 15) is 9.59 Å². The molecule has 2 aliphatic heterocycles. The Labute approximate surface area is 128 Å². The fourth-order valence-corrected chi connectivity index (χ4v) is 4.07. The summed E-state index contributed by atoms with van der Waals surface area (Å²) < 4.78 is 0. The molecule has 1 spiro atoms. The smallest absolute Gasteiger partial charge is 0.320 e. The van der Waals surface area contributed by atoms with Crippen molar-refractivity contribution in [1.29, 1.82) is 0 Å². The maximum Gasteiger partial charge on any atom is 0.320 e. The highest BCUT2D eigenvalue weighted by atomic mass is 32.1. The number of piperidine rings is 1. The molecule has 1 amide bonds. The number of carbonyl (C=O) groups excluding carboxylic acids is 1. The summed E-state index contributed by atoms with van der Waals surface area (Å²) in [6.45, 7) is 2.26. The largest absolute Gasteiger partial charge is 0.480 e. The number of rotatable bonds is 3. The molecule has 2 aliphatic rings. The molecular weight excluding hydrogens is 288 g/mol. The number of carbonyl (C=O) groups is 2. The van der Waals surface area contributed by atoms with Gasteiger partial charge in [0.15, 0.2) is 0 Å². The van der Waals surface area contributed by atoms with Crippen LogP contribution in [0.1, 0.15) is 24.1 Å². The Kier molecular flexibility index (Phi) is 3.99. The van der Waals surface area contributed by atoms with Gasteiger partial charge in [-0.15, -0.1) is 11.3 Å². The van der Waals surface area contributed by atoms with E-state index in [0.717, 1.165) is 37.4 Å². The van der Waals surface area contributed by atoms with Crippen LogP contribution < -0.4 is 5.32 Å². The number of nitrogens with one attached hydrogen (secondary N) is 1. The van der Waals surface area contributed by atoms with Gasteiger partial charge in [0, 0.05) is 24.5 Å². The molecule has 0 unspecified atom stereocenters. The normalized spacial score (nSPS) is 24.4. The Bertz CT molecular complexity index is 521. The van der Waals surface area contributed by atoms with E-state index in [-0.39, 0.29) is 11.3 Å². The number of hydrogen-bond acceptors (Lipinski definition) is 4. The molecule has 0 radical (unpaired) electrons. The molecule has 2 saturated heterocycles. The molecular formula is C15H20N2O3S. The van der Waals surface area contributed by atoms with Gasteiger partial charge in [-0.3, -0.25) is 9.59 Å². The quantitative estimate of drug-likeness (QED) is 0.884. The van der Waals surface area contributed by atoms with Gasteiger partial charge in [-0.2, -0.15) is 0 Å². The predicted octanol–water partition coefficient (Wildman–Crippen LogP) is 1.35. The van der Waals surface area contributed by atoms with Gasteiger partial charge in [0.2, 0.25) is 5.91 Å². The predicted molar refractivity (Wildman–Crippen MR) is 80.3 cm³/mol. The lowest BCUT2D eigenvalue weighted by Gasteiger charge is -2.39. The number of likely N-dealkylation sites (tertiary alicyclic amines) is 1. The van der Waals surface area contributed by atoms with Crippen molar-refractivity contribution in [3.05, 3.63) is 22.4 Å². The molecule has 2 fully saturated rings. The minimum absolute atomic E-state index is 0.0722. The van der Waals surface area contributed by atoms with Gasteiger partial charge in [0.25, 0.3) is 0 Å². The van der Waals surface area contributed by atoms with Gasteiger partial charge >= 0.3 is 5.97 Å². The van der Waals surface area contributed by atoms with E-state index >= 15 is 0 Å². The van der Waals surface area contributed by atoms with Crippen molar-refractivity contribution in [2.75, 3.05) is 19.6 Å². The number of thiophene rings is 1. The zero-order valence-corrected chi connectivity index (χ0v) is 12.7. The van der Waals surface area contributed by atoms with Gasteiger partial charge < -0.3 is 15.3 Å². The zero-order valence-electron chi connectivity index (χ0n) is 11.9. The van der Waals surface area contributed by atoms with E-state index in [2.05, 4.69) is 5.32 Å². The van der Waals surface area contributed by atoms with Gasteiger partial charge in [0.1, 0.15) is 6.04 Å². The highest BCUT2D eigenvalue weighted by Crippen LogP contribution is 2.39. The van der Waals surface area contributed by atoms with Crippen molar-refractivity contribution in [1.82, 2.24) is 10.2 Å². The van der Waals surface area contributed by atoms with E-state index in [1.165, 1.54) is 0 Å². The molecule has 1 aromatic heterocycles. The second-order valence-corrected chi connectivity index (χ2v) is 7.15. The first-order chi connectivity index (χ1) is 10.1. The lowest BCUT2D eigenvalue weighted by atomic mass is 9.76. The van der Waals surface area contributed by atoms with Crippen LogP contribution in [0.25, 0.3) is 0 Å². The Balaban J connectivity index is 1.53. The summed E-state index contributed by atoms with van der Waals surface area (Å²) in [5.74, 6) is -0.573.